The molecule has 3 aromatic heterocycles. The number of benzene rings is 3. The number of nitrogens with two attached hydrogens (primary N) is 1. The SMILES string of the molecule is CCC[C@@H]1NC(=O)[C@H](Cc2ccc(O)cc2)NC(=O)[C@H](CCC(=O)O)NC(=O)[C@H](CCC(=O)O)NC(=O)[C@H](Cc2c[nH]c3ncccc23)NC(=O)[C@H]([C@@H](C)O)NC(=O)[C@H](Cc2cnc[nH]2)NC(=O)[C@H](Cc2ccc(O)cc2)NC(=O)[C@H](C(C)(C)C)NC(=O)CCSCc2cccc(c2)CSC[C@@H](C(N)=O)NC(=O)[C@H]([C@@H](C)O)NC1=O. The Morgan fingerprint density at radius 1 is 0.530 bits per heavy atom. The van der Waals surface area contributed by atoms with Crippen LogP contribution in [0, 0.1) is 5.41 Å². The van der Waals surface area contributed by atoms with Crippen molar-refractivity contribution >= 4 is 117 Å². The van der Waals surface area contributed by atoms with E-state index >= 15 is 4.79 Å². The first-order chi connectivity index (χ1) is 54.5. The molecular formula is C77H100N16O20S2. The summed E-state index contributed by atoms with van der Waals surface area (Å²) in [5.74, 6) is -14.7. The number of rotatable bonds is 19. The van der Waals surface area contributed by atoms with Crippen LogP contribution in [0.15, 0.2) is 110 Å². The number of carboxylic acids is 2. The van der Waals surface area contributed by atoms with Gasteiger partial charge >= 0.3 is 11.9 Å². The van der Waals surface area contributed by atoms with Crippen molar-refractivity contribution in [3.63, 3.8) is 0 Å². The average molecular weight is 1630 g/mol. The topological polar surface area (TPSA) is 576 Å². The van der Waals surface area contributed by atoms with Crippen molar-refractivity contribution in [2.24, 2.45) is 11.1 Å². The van der Waals surface area contributed by atoms with Crippen LogP contribution in [0.3, 0.4) is 0 Å². The zero-order chi connectivity index (χ0) is 84.2. The second-order valence-electron chi connectivity index (χ2n) is 28.9. The summed E-state index contributed by atoms with van der Waals surface area (Å²) in [6.45, 7) is 9.03. The number of aromatic nitrogens is 4. The highest BCUT2D eigenvalue weighted by molar-refractivity contribution is 7.98. The number of carbonyl (C=O) groups is 14. The van der Waals surface area contributed by atoms with Gasteiger partial charge in [0.1, 0.15) is 83.6 Å². The van der Waals surface area contributed by atoms with Gasteiger partial charge in [-0.1, -0.05) is 82.6 Å². The molecule has 0 saturated heterocycles. The molecule has 115 heavy (non-hydrogen) atoms. The highest BCUT2D eigenvalue weighted by atomic mass is 32.2. The number of imidazole rings is 1. The number of phenolic OH excluding ortho intramolecular Hbond substituents is 2. The first-order valence-corrected chi connectivity index (χ1v) is 39.5. The molecule has 0 spiro atoms. The molecule has 0 aliphatic carbocycles. The molecule has 1 aliphatic heterocycles. The third-order valence-corrected chi connectivity index (χ3v) is 20.6. The van der Waals surface area contributed by atoms with Crippen LogP contribution in [0.2, 0.25) is 0 Å². The molecule has 2 bridgehead atoms. The van der Waals surface area contributed by atoms with Crippen molar-refractivity contribution in [1.29, 1.82) is 0 Å². The number of fused-ring (bicyclic) bond motifs is 3. The summed E-state index contributed by atoms with van der Waals surface area (Å²) in [6, 6.07) is 3.12. The van der Waals surface area contributed by atoms with E-state index in [0.717, 1.165) is 18.1 Å². The average Bonchev–Trinajstić information content (AvgIpc) is 1.81. The van der Waals surface area contributed by atoms with Crippen LogP contribution < -0.4 is 64.2 Å². The Morgan fingerprint density at radius 3 is 1.47 bits per heavy atom. The number of aliphatic hydroxyl groups is 2. The van der Waals surface area contributed by atoms with Crippen LogP contribution in [-0.4, -0.2) is 224 Å². The van der Waals surface area contributed by atoms with Crippen LogP contribution >= 0.6 is 23.5 Å². The predicted molar refractivity (Wildman–Crippen MR) is 421 cm³/mol. The van der Waals surface area contributed by atoms with E-state index in [2.05, 4.69) is 78.4 Å². The van der Waals surface area contributed by atoms with Crippen molar-refractivity contribution in [2.45, 2.75) is 202 Å². The summed E-state index contributed by atoms with van der Waals surface area (Å²) < 4.78 is 0. The monoisotopic (exact) mass is 1630 g/mol. The van der Waals surface area contributed by atoms with E-state index < -0.39 is 205 Å². The van der Waals surface area contributed by atoms with Crippen molar-refractivity contribution < 1.29 is 97.8 Å². The number of phenols is 2. The molecule has 0 fully saturated rings. The van der Waals surface area contributed by atoms with Crippen LogP contribution in [0.4, 0.5) is 0 Å². The number of aliphatic hydroxyl groups excluding tert-OH is 2. The number of aromatic hydroxyl groups is 2. The van der Waals surface area contributed by atoms with E-state index in [-0.39, 0.29) is 60.8 Å². The lowest BCUT2D eigenvalue weighted by molar-refractivity contribution is -0.140. The fourth-order valence-electron chi connectivity index (χ4n) is 12.2. The number of aliphatic carboxylic acids is 2. The Kier molecular flexibility index (Phi) is 34.3. The first-order valence-electron chi connectivity index (χ1n) is 37.2. The van der Waals surface area contributed by atoms with E-state index in [9.17, 15) is 93.0 Å². The highest BCUT2D eigenvalue weighted by Gasteiger charge is 2.40. The number of hydrogen-bond acceptors (Lipinski definition) is 22. The van der Waals surface area contributed by atoms with E-state index in [4.69, 9.17) is 5.73 Å². The number of primary amides is 1. The zero-order valence-corrected chi connectivity index (χ0v) is 65.8. The normalized spacial score (nSPS) is 23.3. The highest BCUT2D eigenvalue weighted by Crippen LogP contribution is 2.24. The lowest BCUT2D eigenvalue weighted by atomic mass is 9.85. The van der Waals surface area contributed by atoms with E-state index in [1.165, 1.54) is 104 Å². The summed E-state index contributed by atoms with van der Waals surface area (Å²) >= 11 is 2.64. The number of carboxylic acid groups (broad SMARTS) is 2. The Balaban J connectivity index is 1.27. The molecule has 6 aromatic rings. The Labute approximate surface area is 670 Å². The van der Waals surface area contributed by atoms with Crippen molar-refractivity contribution in [2.75, 3.05) is 11.5 Å². The molecular weight excluding hydrogens is 1530 g/mol. The van der Waals surface area contributed by atoms with Gasteiger partial charge in [-0.15, -0.1) is 0 Å². The smallest absolute Gasteiger partial charge is 0.303 e. The first kappa shape index (κ1) is 90.6. The maximum absolute atomic E-state index is 15.1. The fourth-order valence-corrected chi connectivity index (χ4v) is 14.1. The quantitative estimate of drug-likeness (QED) is 0.0495. The molecule has 4 heterocycles. The van der Waals surface area contributed by atoms with Gasteiger partial charge in [-0.3, -0.25) is 67.1 Å². The molecule has 1 aliphatic rings. The van der Waals surface area contributed by atoms with E-state index in [1.807, 2.05) is 24.3 Å². The molecule has 0 saturated carbocycles. The molecule has 12 amide bonds. The van der Waals surface area contributed by atoms with Gasteiger partial charge in [-0.2, -0.15) is 23.5 Å². The van der Waals surface area contributed by atoms with Crippen molar-refractivity contribution in [1.82, 2.24) is 78.4 Å². The third-order valence-electron chi connectivity index (χ3n) is 18.5. The number of hydrogen-bond donors (Lipinski definition) is 20. The van der Waals surface area contributed by atoms with Gasteiger partial charge in [0, 0.05) is 97.6 Å². The predicted octanol–water partition coefficient (Wildman–Crippen LogP) is -0.306. The number of H-pyrrole nitrogens is 2. The maximum Gasteiger partial charge on any atom is 0.303 e. The molecule has 21 N–H and O–H groups in total. The Bertz CT molecular complexity index is 4390. The van der Waals surface area contributed by atoms with Gasteiger partial charge < -0.3 is 105 Å². The van der Waals surface area contributed by atoms with Gasteiger partial charge in [0.25, 0.3) is 0 Å². The standard InChI is InChI=1S/C77H100N16O20S2/c1-7-10-51-69(106)92-63(41(3)95)75(112)90-58(65(78)103)38-115-37-45-12-8-11-44(29-45)36-114-28-26-59(98)91-64(77(4,5)6)76(113)89-55(31-43-16-20-49(97)21-17-43)71(108)87-57(33-47-35-79-39-82-47)73(110)93-62(40(2)94)74(111)88-56(32-46-34-81-66-50(46)13-9-27-80-66)72(109)85-52(22-24-60(99)100)67(104)84-53(23-25-61(101)102)68(105)86-54(70(107)83-51)30-42-14-18-48(96)19-15-42/h8-9,11-21,27,29,34-35,39-41,51-58,62-64,94-97H,7,10,22-26,28,30-33,36-38H2,1-6H3,(H2,78,103)(H,79,82)(H,80,81)(H,83,107)(H,84,104)(H,85,109)(H,86,105)(H,87,108)(H,88,111)(H,89,113)(H,90,112)(H,91,98)(H,92,106)(H,93,110)(H,99,100)(H,101,102)/t40-,41-,51+,52+,53+,54+,55+,56+,57+,58+,62+,63+,64-/m1/s1. The number of aromatic amines is 2. The summed E-state index contributed by atoms with van der Waals surface area (Å²) in [7, 11) is 0. The number of thioether (sulfide) groups is 2. The van der Waals surface area contributed by atoms with E-state index in [0.29, 0.717) is 39.2 Å². The molecule has 13 atom stereocenters. The molecule has 38 heteroatoms. The molecule has 3 aromatic carbocycles. The number of pyridine rings is 1. The van der Waals surface area contributed by atoms with Gasteiger partial charge in [-0.05, 0) is 103 Å². The van der Waals surface area contributed by atoms with Crippen LogP contribution in [-0.2, 0) is 104 Å². The molecule has 36 nitrogen and oxygen atoms in total. The van der Waals surface area contributed by atoms with Crippen molar-refractivity contribution in [3.8, 4) is 11.5 Å². The zero-order valence-electron chi connectivity index (χ0n) is 64.2. The Hall–Kier alpha value is -11.6. The largest absolute Gasteiger partial charge is 0.508 e. The summed E-state index contributed by atoms with van der Waals surface area (Å²) in [5.41, 5.74) is 8.09. The summed E-state index contributed by atoms with van der Waals surface area (Å²) in [5, 5.41) is 91.1. The van der Waals surface area contributed by atoms with Gasteiger partial charge in [-0.25, -0.2) is 9.97 Å². The number of amides is 12. The maximum atomic E-state index is 15.1. The van der Waals surface area contributed by atoms with Crippen LogP contribution in [0.5, 0.6) is 11.5 Å². The van der Waals surface area contributed by atoms with Gasteiger partial charge in [0.2, 0.25) is 70.9 Å². The van der Waals surface area contributed by atoms with Gasteiger partial charge in [0.05, 0.1) is 18.5 Å². The Morgan fingerprint density at radius 2 is 0.983 bits per heavy atom. The van der Waals surface area contributed by atoms with Crippen molar-refractivity contribution in [3.05, 3.63) is 143 Å². The number of carbonyl (C=O) groups excluding carboxylic acids is 12. The number of nitrogens with zero attached hydrogens (tertiary/aromatic N) is 2. The lowest BCUT2D eigenvalue weighted by Gasteiger charge is -2.32. The summed E-state index contributed by atoms with van der Waals surface area (Å²) in [6.07, 6.45) is -2.46. The minimum Gasteiger partial charge on any atom is -0.508 e. The second kappa shape index (κ2) is 43.6. The van der Waals surface area contributed by atoms with Gasteiger partial charge in [0.15, 0.2) is 0 Å². The molecule has 620 valence electrons. The minimum atomic E-state index is -1.99. The van der Waals surface area contributed by atoms with Crippen LogP contribution in [0.1, 0.15) is 120 Å². The second-order valence-corrected chi connectivity index (χ2v) is 31.1. The minimum absolute atomic E-state index is 0.0595. The third kappa shape index (κ3) is 28.8. The fraction of sp³-hybridized carbons (Fsp3) is 0.455. The molecule has 7 rings (SSSR count). The summed E-state index contributed by atoms with van der Waals surface area (Å²) in [4.78, 5) is 212. The van der Waals surface area contributed by atoms with Crippen LogP contribution in [0.25, 0.3) is 11.0 Å². The number of nitrogens with one attached hydrogen (secondary N) is 13. The molecule has 0 unspecified atom stereocenters. The van der Waals surface area contributed by atoms with E-state index in [1.54, 1.807) is 39.8 Å². The lowest BCUT2D eigenvalue weighted by Crippen LogP contribution is -2.63. The molecule has 0 radical (unpaired) electrons.